The molecule has 9 nitrogen and oxygen atoms in total. The molecule has 1 aromatic carbocycles. The molecule has 0 radical (unpaired) electrons. The standard InChI is InChI=1S/C25H28N4O5S/c1-15-10-20(21(30)14-35-25-27-26-22-8-6-5-7-9-28(22)25)16(2)29(15)19-12-17(23(31)33-3)11-18(13-19)24(32)34-4/h10-13H,5-9,14H2,1-4H3. The van der Waals surface area contributed by atoms with E-state index in [0.29, 0.717) is 16.9 Å². The normalized spacial score (nSPS) is 13.1. The van der Waals surface area contributed by atoms with Crippen molar-refractivity contribution in [2.45, 2.75) is 51.2 Å². The van der Waals surface area contributed by atoms with Crippen molar-refractivity contribution in [2.75, 3.05) is 20.0 Å². The fraction of sp³-hybridized carbons (Fsp3) is 0.400. The maximum absolute atomic E-state index is 13.2. The summed E-state index contributed by atoms with van der Waals surface area (Å²) in [7, 11) is 2.56. The Kier molecular flexibility index (Phi) is 7.39. The number of fused-ring (bicyclic) bond motifs is 1. The van der Waals surface area contributed by atoms with Crippen molar-refractivity contribution >= 4 is 29.5 Å². The van der Waals surface area contributed by atoms with Crippen molar-refractivity contribution in [2.24, 2.45) is 0 Å². The molecule has 0 aliphatic carbocycles. The van der Waals surface area contributed by atoms with Gasteiger partial charge in [0, 0.05) is 35.6 Å². The average Bonchev–Trinajstić information content (AvgIpc) is 3.29. The highest BCUT2D eigenvalue weighted by Gasteiger charge is 2.22. The van der Waals surface area contributed by atoms with Crippen LogP contribution in [0.15, 0.2) is 29.4 Å². The summed E-state index contributed by atoms with van der Waals surface area (Å²) < 4.78 is 13.7. The van der Waals surface area contributed by atoms with Gasteiger partial charge in [0.2, 0.25) is 0 Å². The molecule has 0 bridgehead atoms. The van der Waals surface area contributed by atoms with Gasteiger partial charge in [0.05, 0.1) is 31.1 Å². The predicted octanol–water partition coefficient (Wildman–Crippen LogP) is 3.96. The van der Waals surface area contributed by atoms with Gasteiger partial charge in [0.15, 0.2) is 10.9 Å². The number of Topliss-reactive ketones (excluding diaryl/α,β-unsaturated/α-hetero) is 1. The Bertz CT molecular complexity index is 1260. The van der Waals surface area contributed by atoms with E-state index in [0.717, 1.165) is 42.5 Å². The molecular formula is C25H28N4O5S. The Hall–Kier alpha value is -3.40. The molecular weight excluding hydrogens is 468 g/mol. The molecule has 1 aliphatic heterocycles. The van der Waals surface area contributed by atoms with Crippen LogP contribution in [0.25, 0.3) is 5.69 Å². The van der Waals surface area contributed by atoms with Crippen molar-refractivity contribution < 1.29 is 23.9 Å². The Morgan fingerprint density at radius 3 is 2.29 bits per heavy atom. The van der Waals surface area contributed by atoms with Crippen molar-refractivity contribution in [3.63, 3.8) is 0 Å². The fourth-order valence-corrected chi connectivity index (χ4v) is 5.29. The second-order valence-electron chi connectivity index (χ2n) is 8.44. The first-order chi connectivity index (χ1) is 16.8. The van der Waals surface area contributed by atoms with Gasteiger partial charge in [0.1, 0.15) is 5.82 Å². The van der Waals surface area contributed by atoms with Crippen LogP contribution in [0.1, 0.15) is 67.5 Å². The predicted molar refractivity (Wildman–Crippen MR) is 131 cm³/mol. The molecule has 3 aromatic rings. The van der Waals surface area contributed by atoms with Gasteiger partial charge in [-0.3, -0.25) is 4.79 Å². The summed E-state index contributed by atoms with van der Waals surface area (Å²) in [6, 6.07) is 6.52. The minimum atomic E-state index is -0.570. The Balaban J connectivity index is 1.62. The van der Waals surface area contributed by atoms with Gasteiger partial charge in [-0.15, -0.1) is 10.2 Å². The molecule has 0 atom stereocenters. The number of methoxy groups -OCH3 is 2. The molecule has 0 amide bonds. The Labute approximate surface area is 207 Å². The van der Waals surface area contributed by atoms with Crippen LogP contribution in [0.5, 0.6) is 0 Å². The highest BCUT2D eigenvalue weighted by molar-refractivity contribution is 7.99. The second-order valence-corrected chi connectivity index (χ2v) is 9.39. The molecule has 1 aliphatic rings. The highest BCUT2D eigenvalue weighted by Crippen LogP contribution is 2.27. The quantitative estimate of drug-likeness (QED) is 0.275. The topological polar surface area (TPSA) is 105 Å². The first kappa shape index (κ1) is 24.7. The van der Waals surface area contributed by atoms with Crippen LogP contribution in [-0.4, -0.2) is 57.0 Å². The maximum atomic E-state index is 13.2. The first-order valence-electron chi connectivity index (χ1n) is 11.4. The van der Waals surface area contributed by atoms with Gasteiger partial charge in [-0.05, 0) is 51.0 Å². The molecule has 2 aromatic heterocycles. The summed E-state index contributed by atoms with van der Waals surface area (Å²) in [4.78, 5) is 37.6. The van der Waals surface area contributed by atoms with Gasteiger partial charge < -0.3 is 18.6 Å². The number of benzene rings is 1. The number of ketones is 1. The minimum absolute atomic E-state index is 0.0300. The van der Waals surface area contributed by atoms with E-state index in [2.05, 4.69) is 14.8 Å². The lowest BCUT2D eigenvalue weighted by atomic mass is 10.1. The second kappa shape index (κ2) is 10.5. The number of hydrogen-bond acceptors (Lipinski definition) is 8. The molecule has 35 heavy (non-hydrogen) atoms. The molecule has 0 fully saturated rings. The van der Waals surface area contributed by atoms with Crippen molar-refractivity contribution in [1.82, 2.24) is 19.3 Å². The summed E-state index contributed by atoms with van der Waals surface area (Å²) in [6.45, 7) is 4.60. The Morgan fingerprint density at radius 2 is 1.63 bits per heavy atom. The number of aryl methyl sites for hydroxylation is 2. The largest absolute Gasteiger partial charge is 0.465 e. The van der Waals surface area contributed by atoms with E-state index in [1.807, 2.05) is 24.5 Å². The first-order valence-corrected chi connectivity index (χ1v) is 12.4. The number of nitrogens with zero attached hydrogens (tertiary/aromatic N) is 4. The van der Waals surface area contributed by atoms with Crippen LogP contribution < -0.4 is 0 Å². The van der Waals surface area contributed by atoms with E-state index < -0.39 is 11.9 Å². The zero-order chi connectivity index (χ0) is 25.1. The van der Waals surface area contributed by atoms with Crippen LogP contribution in [0, 0.1) is 13.8 Å². The third kappa shape index (κ3) is 5.02. The summed E-state index contributed by atoms with van der Waals surface area (Å²) in [6.07, 6.45) is 4.29. The molecule has 0 saturated carbocycles. The smallest absolute Gasteiger partial charge is 0.337 e. The number of ether oxygens (including phenoxy) is 2. The Morgan fingerprint density at radius 1 is 0.943 bits per heavy atom. The third-order valence-electron chi connectivity index (χ3n) is 6.16. The number of esters is 2. The molecule has 0 spiro atoms. The molecule has 0 N–H and O–H groups in total. The number of carbonyl (C=O) groups is 3. The van der Waals surface area contributed by atoms with Crippen LogP contribution in [0.4, 0.5) is 0 Å². The van der Waals surface area contributed by atoms with E-state index in [-0.39, 0.29) is 22.7 Å². The van der Waals surface area contributed by atoms with Crippen molar-refractivity contribution in [1.29, 1.82) is 0 Å². The van der Waals surface area contributed by atoms with Crippen molar-refractivity contribution in [3.05, 3.63) is 58.2 Å². The number of rotatable bonds is 7. The maximum Gasteiger partial charge on any atom is 0.337 e. The van der Waals surface area contributed by atoms with Crippen LogP contribution in [-0.2, 0) is 22.4 Å². The van der Waals surface area contributed by atoms with E-state index in [1.165, 1.54) is 38.5 Å². The summed E-state index contributed by atoms with van der Waals surface area (Å²) in [5.41, 5.74) is 3.09. The fourth-order valence-electron chi connectivity index (χ4n) is 4.43. The van der Waals surface area contributed by atoms with Gasteiger partial charge in [-0.2, -0.15) is 0 Å². The monoisotopic (exact) mass is 496 g/mol. The van der Waals surface area contributed by atoms with Crippen molar-refractivity contribution in [3.8, 4) is 5.69 Å². The third-order valence-corrected chi connectivity index (χ3v) is 7.12. The summed E-state index contributed by atoms with van der Waals surface area (Å²) in [5.74, 6) is 0.0530. The molecule has 0 saturated heterocycles. The molecule has 3 heterocycles. The molecule has 10 heteroatoms. The lowest BCUT2D eigenvalue weighted by molar-refractivity contribution is 0.0599. The number of aromatic nitrogens is 4. The zero-order valence-electron chi connectivity index (χ0n) is 20.3. The molecule has 4 rings (SSSR count). The van der Waals surface area contributed by atoms with Gasteiger partial charge in [-0.25, -0.2) is 9.59 Å². The van der Waals surface area contributed by atoms with E-state index in [1.54, 1.807) is 12.1 Å². The summed E-state index contributed by atoms with van der Waals surface area (Å²) >= 11 is 1.40. The van der Waals surface area contributed by atoms with E-state index in [9.17, 15) is 14.4 Å². The molecule has 0 unspecified atom stereocenters. The minimum Gasteiger partial charge on any atom is -0.465 e. The van der Waals surface area contributed by atoms with E-state index in [4.69, 9.17) is 9.47 Å². The van der Waals surface area contributed by atoms with Crippen LogP contribution in [0.3, 0.4) is 0 Å². The number of carbonyl (C=O) groups excluding carboxylic acids is 3. The van der Waals surface area contributed by atoms with Crippen LogP contribution >= 0.6 is 11.8 Å². The zero-order valence-corrected chi connectivity index (χ0v) is 21.1. The SMILES string of the molecule is COC(=O)c1cc(C(=O)OC)cc(-n2c(C)cc(C(=O)CSc3nnc4n3CCCCC4)c2C)c1. The summed E-state index contributed by atoms with van der Waals surface area (Å²) in [5, 5.41) is 9.38. The van der Waals surface area contributed by atoms with Gasteiger partial charge in [0.25, 0.3) is 0 Å². The average molecular weight is 497 g/mol. The lowest BCUT2D eigenvalue weighted by Crippen LogP contribution is -2.10. The molecule has 184 valence electrons. The van der Waals surface area contributed by atoms with E-state index >= 15 is 0 Å². The lowest BCUT2D eigenvalue weighted by Gasteiger charge is -2.13. The van der Waals surface area contributed by atoms with Gasteiger partial charge in [-0.1, -0.05) is 18.2 Å². The number of hydrogen-bond donors (Lipinski definition) is 0. The number of thioether (sulfide) groups is 1. The van der Waals surface area contributed by atoms with Crippen LogP contribution in [0.2, 0.25) is 0 Å². The highest BCUT2D eigenvalue weighted by atomic mass is 32.2. The van der Waals surface area contributed by atoms with Gasteiger partial charge >= 0.3 is 11.9 Å².